The number of nitrogens with zero attached hydrogens (tertiary/aromatic N) is 1. The summed E-state index contributed by atoms with van der Waals surface area (Å²) in [7, 11) is 0. The molecule has 0 aliphatic rings. The Morgan fingerprint density at radius 2 is 2.11 bits per heavy atom. The minimum Gasteiger partial charge on any atom is -0.393 e. The third kappa shape index (κ3) is 6.76. The van der Waals surface area contributed by atoms with E-state index in [2.05, 4.69) is 15.6 Å². The van der Waals surface area contributed by atoms with Crippen molar-refractivity contribution in [1.82, 2.24) is 15.6 Å². The SMILES string of the molecule is Cc1cccc(CNC(=O)NCC(C)CC(C)O)n1. The lowest BCUT2D eigenvalue weighted by molar-refractivity contribution is 0.163. The zero-order valence-electron chi connectivity index (χ0n) is 11.8. The average Bonchev–Trinajstić information content (AvgIpc) is 2.33. The van der Waals surface area contributed by atoms with Crippen LogP contribution in [-0.4, -0.2) is 28.8 Å². The van der Waals surface area contributed by atoms with E-state index in [1.165, 1.54) is 0 Å². The molecule has 1 aromatic rings. The van der Waals surface area contributed by atoms with Crippen LogP contribution in [0.15, 0.2) is 18.2 Å². The van der Waals surface area contributed by atoms with Crippen LogP contribution in [0.1, 0.15) is 31.7 Å². The van der Waals surface area contributed by atoms with Crippen LogP contribution >= 0.6 is 0 Å². The van der Waals surface area contributed by atoms with Crippen LogP contribution in [-0.2, 0) is 6.54 Å². The molecule has 0 fully saturated rings. The molecule has 0 aromatic carbocycles. The van der Waals surface area contributed by atoms with Crippen LogP contribution in [0.5, 0.6) is 0 Å². The summed E-state index contributed by atoms with van der Waals surface area (Å²) in [5.41, 5.74) is 1.78. The van der Waals surface area contributed by atoms with Crippen LogP contribution in [0.2, 0.25) is 0 Å². The highest BCUT2D eigenvalue weighted by Gasteiger charge is 2.08. The number of nitrogens with one attached hydrogen (secondary N) is 2. The van der Waals surface area contributed by atoms with Gasteiger partial charge >= 0.3 is 6.03 Å². The van der Waals surface area contributed by atoms with Gasteiger partial charge in [-0.3, -0.25) is 4.98 Å². The second kappa shape index (κ2) is 7.74. The van der Waals surface area contributed by atoms with Gasteiger partial charge in [0.2, 0.25) is 0 Å². The lowest BCUT2D eigenvalue weighted by Crippen LogP contribution is -2.38. The van der Waals surface area contributed by atoms with E-state index in [0.29, 0.717) is 19.5 Å². The number of hydrogen-bond donors (Lipinski definition) is 3. The molecule has 1 rings (SSSR count). The van der Waals surface area contributed by atoms with E-state index in [9.17, 15) is 9.90 Å². The maximum Gasteiger partial charge on any atom is 0.315 e. The van der Waals surface area contributed by atoms with E-state index < -0.39 is 0 Å². The van der Waals surface area contributed by atoms with Crippen molar-refractivity contribution in [3.63, 3.8) is 0 Å². The van der Waals surface area contributed by atoms with Crippen molar-refractivity contribution in [3.05, 3.63) is 29.6 Å². The fraction of sp³-hybridized carbons (Fsp3) is 0.571. The van der Waals surface area contributed by atoms with Gasteiger partial charge in [-0.05, 0) is 38.3 Å². The van der Waals surface area contributed by atoms with Gasteiger partial charge in [0.25, 0.3) is 0 Å². The molecule has 0 aliphatic carbocycles. The first-order valence-corrected chi connectivity index (χ1v) is 6.59. The number of aliphatic hydroxyl groups excluding tert-OH is 1. The number of aryl methyl sites for hydroxylation is 1. The molecule has 0 saturated heterocycles. The first kappa shape index (κ1) is 15.4. The quantitative estimate of drug-likeness (QED) is 0.731. The van der Waals surface area contributed by atoms with Gasteiger partial charge in [-0.25, -0.2) is 4.79 Å². The zero-order valence-corrected chi connectivity index (χ0v) is 11.8. The fourth-order valence-corrected chi connectivity index (χ4v) is 1.86. The van der Waals surface area contributed by atoms with E-state index in [1.54, 1.807) is 6.92 Å². The molecule has 3 N–H and O–H groups in total. The second-order valence-electron chi connectivity index (χ2n) is 5.02. The lowest BCUT2D eigenvalue weighted by Gasteiger charge is -2.14. The van der Waals surface area contributed by atoms with Crippen molar-refractivity contribution in [1.29, 1.82) is 0 Å². The Morgan fingerprint density at radius 3 is 2.74 bits per heavy atom. The maximum atomic E-state index is 11.6. The minimum absolute atomic E-state index is 0.208. The van der Waals surface area contributed by atoms with Gasteiger partial charge < -0.3 is 15.7 Å². The smallest absolute Gasteiger partial charge is 0.315 e. The topological polar surface area (TPSA) is 74.2 Å². The summed E-state index contributed by atoms with van der Waals surface area (Å²) < 4.78 is 0. The molecular weight excluding hydrogens is 242 g/mol. The van der Waals surface area contributed by atoms with Crippen molar-refractivity contribution in [2.75, 3.05) is 6.54 Å². The van der Waals surface area contributed by atoms with E-state index in [-0.39, 0.29) is 18.1 Å². The number of carbonyl (C=O) groups is 1. The molecular formula is C14H23N3O2. The summed E-state index contributed by atoms with van der Waals surface area (Å²) in [5.74, 6) is 0.253. The summed E-state index contributed by atoms with van der Waals surface area (Å²) in [6.07, 6.45) is 0.344. The lowest BCUT2D eigenvalue weighted by atomic mass is 10.1. The number of amides is 2. The summed E-state index contributed by atoms with van der Waals surface area (Å²) in [6.45, 7) is 6.63. The Labute approximate surface area is 114 Å². The summed E-state index contributed by atoms with van der Waals surface area (Å²) >= 11 is 0. The van der Waals surface area contributed by atoms with Crippen molar-refractivity contribution in [2.24, 2.45) is 5.92 Å². The Kier molecular flexibility index (Phi) is 6.29. The molecule has 0 aliphatic heterocycles. The highest BCUT2D eigenvalue weighted by atomic mass is 16.3. The number of hydrogen-bond acceptors (Lipinski definition) is 3. The normalized spacial score (nSPS) is 13.7. The third-order valence-electron chi connectivity index (χ3n) is 2.73. The highest BCUT2D eigenvalue weighted by Crippen LogP contribution is 2.03. The largest absolute Gasteiger partial charge is 0.393 e. The van der Waals surface area contributed by atoms with Crippen LogP contribution in [0.3, 0.4) is 0 Å². The van der Waals surface area contributed by atoms with Crippen LogP contribution in [0, 0.1) is 12.8 Å². The van der Waals surface area contributed by atoms with Gasteiger partial charge in [0.1, 0.15) is 0 Å². The molecule has 2 atom stereocenters. The van der Waals surface area contributed by atoms with E-state index in [4.69, 9.17) is 0 Å². The molecule has 106 valence electrons. The Morgan fingerprint density at radius 1 is 1.37 bits per heavy atom. The standard InChI is InChI=1S/C14H23N3O2/c1-10(7-12(3)18)8-15-14(19)16-9-13-6-4-5-11(2)17-13/h4-6,10,12,18H,7-9H2,1-3H3,(H2,15,16,19). The molecule has 5 nitrogen and oxygen atoms in total. The molecule has 0 radical (unpaired) electrons. The van der Waals surface area contributed by atoms with Crippen molar-refractivity contribution in [2.45, 2.75) is 39.8 Å². The van der Waals surface area contributed by atoms with Gasteiger partial charge in [-0.1, -0.05) is 13.0 Å². The monoisotopic (exact) mass is 265 g/mol. The summed E-state index contributed by atoms with van der Waals surface area (Å²) in [6, 6.07) is 5.51. The van der Waals surface area contributed by atoms with E-state index in [0.717, 1.165) is 11.4 Å². The maximum absolute atomic E-state index is 11.6. The molecule has 0 spiro atoms. The van der Waals surface area contributed by atoms with E-state index in [1.807, 2.05) is 32.0 Å². The highest BCUT2D eigenvalue weighted by molar-refractivity contribution is 5.73. The number of urea groups is 1. The van der Waals surface area contributed by atoms with Crippen LogP contribution in [0.25, 0.3) is 0 Å². The number of rotatable bonds is 6. The van der Waals surface area contributed by atoms with Gasteiger partial charge in [0.05, 0.1) is 18.3 Å². The Bertz CT molecular complexity index is 407. The molecule has 2 amide bonds. The number of pyridine rings is 1. The van der Waals surface area contributed by atoms with Crippen LogP contribution in [0.4, 0.5) is 4.79 Å². The van der Waals surface area contributed by atoms with Gasteiger partial charge in [0, 0.05) is 12.2 Å². The van der Waals surface area contributed by atoms with Gasteiger partial charge in [-0.2, -0.15) is 0 Å². The van der Waals surface area contributed by atoms with E-state index >= 15 is 0 Å². The number of aliphatic hydroxyl groups is 1. The van der Waals surface area contributed by atoms with Crippen LogP contribution < -0.4 is 10.6 Å². The van der Waals surface area contributed by atoms with Crippen molar-refractivity contribution in [3.8, 4) is 0 Å². The predicted octanol–water partition coefficient (Wildman–Crippen LogP) is 1.60. The average molecular weight is 265 g/mol. The van der Waals surface area contributed by atoms with Crippen molar-refractivity contribution < 1.29 is 9.90 Å². The molecule has 5 heteroatoms. The molecule has 0 bridgehead atoms. The van der Waals surface area contributed by atoms with Crippen molar-refractivity contribution >= 4 is 6.03 Å². The Hall–Kier alpha value is -1.62. The van der Waals surface area contributed by atoms with Gasteiger partial charge in [-0.15, -0.1) is 0 Å². The predicted molar refractivity (Wildman–Crippen MR) is 74.7 cm³/mol. The molecule has 0 saturated carbocycles. The fourth-order valence-electron chi connectivity index (χ4n) is 1.86. The van der Waals surface area contributed by atoms with Gasteiger partial charge in [0.15, 0.2) is 0 Å². The Balaban J connectivity index is 2.25. The first-order valence-electron chi connectivity index (χ1n) is 6.59. The molecule has 1 aromatic heterocycles. The summed E-state index contributed by atoms with van der Waals surface area (Å²) in [5, 5.41) is 14.8. The third-order valence-corrected chi connectivity index (χ3v) is 2.73. The zero-order chi connectivity index (χ0) is 14.3. The first-order chi connectivity index (χ1) is 8.97. The molecule has 2 unspecified atom stereocenters. The summed E-state index contributed by atoms with van der Waals surface area (Å²) in [4.78, 5) is 15.9. The number of carbonyl (C=O) groups excluding carboxylic acids is 1. The molecule has 1 heterocycles. The molecule has 19 heavy (non-hydrogen) atoms. The number of aromatic nitrogens is 1. The second-order valence-corrected chi connectivity index (χ2v) is 5.02. The minimum atomic E-state index is -0.337.